The first-order valence-corrected chi connectivity index (χ1v) is 7.37. The highest BCUT2D eigenvalue weighted by Gasteiger charge is 2.45. The number of likely N-dealkylation sites (N-methyl/N-ethyl adjacent to an activating group) is 1. The lowest BCUT2D eigenvalue weighted by Gasteiger charge is -2.35. The number of nitrogens with one attached hydrogen (secondary N) is 1. The Morgan fingerprint density at radius 2 is 2.00 bits per heavy atom. The molecule has 0 aromatic rings. The first-order valence-electron chi connectivity index (χ1n) is 5.87. The molecule has 0 aromatic carbocycles. The van der Waals surface area contributed by atoms with Gasteiger partial charge in [0.15, 0.2) is 0 Å². The molecule has 0 radical (unpaired) electrons. The minimum Gasteiger partial charge on any atom is -0.347 e. The van der Waals surface area contributed by atoms with Gasteiger partial charge in [0.25, 0.3) is 0 Å². The van der Waals surface area contributed by atoms with Crippen molar-refractivity contribution >= 4 is 15.9 Å². The van der Waals surface area contributed by atoms with Crippen LogP contribution in [-0.2, 0) is 14.8 Å². The van der Waals surface area contributed by atoms with Crippen molar-refractivity contribution in [1.82, 2.24) is 14.5 Å². The van der Waals surface area contributed by atoms with Gasteiger partial charge in [0.2, 0.25) is 15.9 Å². The van der Waals surface area contributed by atoms with Crippen molar-refractivity contribution < 1.29 is 13.2 Å². The number of piperazine rings is 1. The van der Waals surface area contributed by atoms with Gasteiger partial charge in [-0.2, -0.15) is 4.31 Å². The zero-order valence-corrected chi connectivity index (χ0v) is 11.0. The summed E-state index contributed by atoms with van der Waals surface area (Å²) in [6, 6.07) is -0.579. The van der Waals surface area contributed by atoms with Gasteiger partial charge in [0, 0.05) is 33.7 Å². The van der Waals surface area contributed by atoms with E-state index in [1.807, 2.05) is 0 Å². The van der Waals surface area contributed by atoms with E-state index in [1.54, 1.807) is 14.1 Å². The average molecular weight is 261 g/mol. The van der Waals surface area contributed by atoms with E-state index in [0.29, 0.717) is 19.6 Å². The maximum atomic E-state index is 12.2. The Bertz CT molecular complexity index is 403. The number of nitrogens with zero attached hydrogens (tertiary/aromatic N) is 2. The van der Waals surface area contributed by atoms with Crippen molar-refractivity contribution in [2.24, 2.45) is 0 Å². The van der Waals surface area contributed by atoms with E-state index in [-0.39, 0.29) is 11.2 Å². The lowest BCUT2D eigenvalue weighted by atomic mass is 10.2. The molecule has 7 heteroatoms. The highest BCUT2D eigenvalue weighted by Crippen LogP contribution is 2.32. The summed E-state index contributed by atoms with van der Waals surface area (Å²) < 4.78 is 25.8. The third kappa shape index (κ3) is 2.46. The monoisotopic (exact) mass is 261 g/mol. The summed E-state index contributed by atoms with van der Waals surface area (Å²) in [6.45, 7) is 1.41. The first kappa shape index (κ1) is 12.8. The number of amides is 1. The van der Waals surface area contributed by atoms with E-state index in [0.717, 1.165) is 12.8 Å². The van der Waals surface area contributed by atoms with Gasteiger partial charge < -0.3 is 10.2 Å². The van der Waals surface area contributed by atoms with Crippen LogP contribution in [0, 0.1) is 0 Å². The molecule has 0 aromatic heterocycles. The second-order valence-corrected chi connectivity index (χ2v) is 6.97. The number of carbonyl (C=O) groups excluding carboxylic acids is 1. The van der Waals surface area contributed by atoms with E-state index >= 15 is 0 Å². The molecule has 1 N–H and O–H groups in total. The maximum absolute atomic E-state index is 12.2. The predicted octanol–water partition coefficient (Wildman–Crippen LogP) is -1.16. The van der Waals surface area contributed by atoms with Gasteiger partial charge in [-0.1, -0.05) is 0 Å². The lowest BCUT2D eigenvalue weighted by molar-refractivity contribution is -0.133. The van der Waals surface area contributed by atoms with Crippen LogP contribution in [0.1, 0.15) is 12.8 Å². The van der Waals surface area contributed by atoms with Gasteiger partial charge in [-0.25, -0.2) is 8.42 Å². The molecule has 1 aliphatic heterocycles. The summed E-state index contributed by atoms with van der Waals surface area (Å²) in [5, 5.41) is 2.83. The summed E-state index contributed by atoms with van der Waals surface area (Å²) in [5.74, 6) is -0.151. The van der Waals surface area contributed by atoms with Crippen LogP contribution < -0.4 is 5.32 Å². The van der Waals surface area contributed by atoms with Crippen LogP contribution in [0.15, 0.2) is 0 Å². The number of hydrogen-bond donors (Lipinski definition) is 1. The molecule has 1 unspecified atom stereocenters. The van der Waals surface area contributed by atoms with Crippen molar-refractivity contribution in [2.75, 3.05) is 33.7 Å². The first-order chi connectivity index (χ1) is 7.94. The molecular weight excluding hydrogens is 242 g/mol. The Morgan fingerprint density at radius 3 is 2.53 bits per heavy atom. The molecule has 1 heterocycles. The summed E-state index contributed by atoms with van der Waals surface area (Å²) in [6.07, 6.45) is 1.46. The van der Waals surface area contributed by atoms with Crippen molar-refractivity contribution in [1.29, 1.82) is 0 Å². The van der Waals surface area contributed by atoms with Gasteiger partial charge in [-0.05, 0) is 12.8 Å². The molecule has 6 nitrogen and oxygen atoms in total. The Labute approximate surface area is 102 Å². The standard InChI is InChI=1S/C10H19N3O3S/c1-12(2)10(14)9-7-11-5-6-13(9)17(15,16)8-3-4-8/h8-9,11H,3-7H2,1-2H3. The molecule has 2 aliphatic rings. The van der Waals surface area contributed by atoms with Crippen LogP contribution in [0.3, 0.4) is 0 Å². The molecule has 2 rings (SSSR count). The minimum atomic E-state index is -3.27. The number of rotatable bonds is 3. The zero-order chi connectivity index (χ0) is 12.6. The van der Waals surface area contributed by atoms with Crippen molar-refractivity contribution in [3.63, 3.8) is 0 Å². The molecule has 0 bridgehead atoms. The van der Waals surface area contributed by atoms with E-state index in [1.165, 1.54) is 9.21 Å². The Hall–Kier alpha value is -0.660. The SMILES string of the molecule is CN(C)C(=O)C1CNCCN1S(=O)(=O)C1CC1. The quantitative estimate of drug-likeness (QED) is 0.696. The molecule has 0 spiro atoms. The molecule has 1 saturated carbocycles. The van der Waals surface area contributed by atoms with Gasteiger partial charge in [-0.3, -0.25) is 4.79 Å². The van der Waals surface area contributed by atoms with Crippen LogP contribution in [0.25, 0.3) is 0 Å². The fourth-order valence-electron chi connectivity index (χ4n) is 2.06. The van der Waals surface area contributed by atoms with Crippen LogP contribution in [0.5, 0.6) is 0 Å². The van der Waals surface area contributed by atoms with Gasteiger partial charge in [0.05, 0.1) is 5.25 Å². The van der Waals surface area contributed by atoms with Crippen LogP contribution >= 0.6 is 0 Å². The highest BCUT2D eigenvalue weighted by molar-refractivity contribution is 7.90. The zero-order valence-electron chi connectivity index (χ0n) is 10.2. The van der Waals surface area contributed by atoms with E-state index in [2.05, 4.69) is 5.32 Å². The van der Waals surface area contributed by atoms with Gasteiger partial charge in [0.1, 0.15) is 6.04 Å². The second kappa shape index (κ2) is 4.55. The fourth-order valence-corrected chi connectivity index (χ4v) is 4.04. The van der Waals surface area contributed by atoms with E-state index in [9.17, 15) is 13.2 Å². The molecule has 1 amide bonds. The van der Waals surface area contributed by atoms with E-state index < -0.39 is 16.1 Å². The van der Waals surface area contributed by atoms with Crippen molar-refractivity contribution in [3.05, 3.63) is 0 Å². The molecular formula is C10H19N3O3S. The molecule has 1 atom stereocenters. The maximum Gasteiger partial charge on any atom is 0.241 e. The highest BCUT2D eigenvalue weighted by atomic mass is 32.2. The number of carbonyl (C=O) groups is 1. The van der Waals surface area contributed by atoms with E-state index in [4.69, 9.17) is 0 Å². The third-order valence-corrected chi connectivity index (χ3v) is 5.60. The van der Waals surface area contributed by atoms with Crippen molar-refractivity contribution in [2.45, 2.75) is 24.1 Å². The topological polar surface area (TPSA) is 69.7 Å². The third-order valence-electron chi connectivity index (χ3n) is 3.19. The smallest absolute Gasteiger partial charge is 0.241 e. The lowest BCUT2D eigenvalue weighted by Crippen LogP contribution is -2.59. The van der Waals surface area contributed by atoms with Crippen LogP contribution in [-0.4, -0.2) is 68.6 Å². The Morgan fingerprint density at radius 1 is 1.35 bits per heavy atom. The largest absolute Gasteiger partial charge is 0.347 e. The van der Waals surface area contributed by atoms with Gasteiger partial charge in [-0.15, -0.1) is 0 Å². The second-order valence-electron chi connectivity index (χ2n) is 4.81. The Kier molecular flexibility index (Phi) is 3.42. The molecule has 1 saturated heterocycles. The van der Waals surface area contributed by atoms with Crippen LogP contribution in [0.2, 0.25) is 0 Å². The summed E-state index contributed by atoms with van der Waals surface area (Å²) in [7, 11) is 0.0326. The predicted molar refractivity (Wildman–Crippen MR) is 64.0 cm³/mol. The number of hydrogen-bond acceptors (Lipinski definition) is 4. The van der Waals surface area contributed by atoms with Gasteiger partial charge >= 0.3 is 0 Å². The molecule has 1 aliphatic carbocycles. The summed E-state index contributed by atoms with van der Waals surface area (Å²) in [5.41, 5.74) is 0. The average Bonchev–Trinajstić information content (AvgIpc) is 3.12. The minimum absolute atomic E-state index is 0.151. The summed E-state index contributed by atoms with van der Waals surface area (Å²) in [4.78, 5) is 13.4. The van der Waals surface area contributed by atoms with Crippen LogP contribution in [0.4, 0.5) is 0 Å². The fraction of sp³-hybridized carbons (Fsp3) is 0.900. The normalized spacial score (nSPS) is 26.8. The van der Waals surface area contributed by atoms with Crippen molar-refractivity contribution in [3.8, 4) is 0 Å². The molecule has 98 valence electrons. The number of sulfonamides is 1. The Balaban J connectivity index is 2.20. The molecule has 2 fully saturated rings. The summed E-state index contributed by atoms with van der Waals surface area (Å²) >= 11 is 0. The molecule has 17 heavy (non-hydrogen) atoms.